The lowest BCUT2D eigenvalue weighted by Crippen LogP contribution is -2.08. The van der Waals surface area contributed by atoms with Crippen molar-refractivity contribution in [2.45, 2.75) is 6.18 Å². The van der Waals surface area contributed by atoms with E-state index in [2.05, 4.69) is 20.9 Å². The first-order chi connectivity index (χ1) is 6.98. The Labute approximate surface area is 92.1 Å². The predicted octanol–water partition coefficient (Wildman–Crippen LogP) is 4.02. The summed E-state index contributed by atoms with van der Waals surface area (Å²) in [4.78, 5) is 3.37. The lowest BCUT2D eigenvalue weighted by molar-refractivity contribution is -0.139. The molecular weight excluding hydrogens is 271 g/mol. The maximum Gasteiger partial charge on any atom is 0.433 e. The second-order valence-electron chi connectivity index (χ2n) is 3.02. The van der Waals surface area contributed by atoms with Crippen LogP contribution in [0.15, 0.2) is 34.9 Å². The average Bonchev–Trinajstić information content (AvgIpc) is 2.15. The fraction of sp³-hybridized carbons (Fsp3) is 0.100. The van der Waals surface area contributed by atoms with Gasteiger partial charge in [-0.2, -0.15) is 13.2 Å². The molecule has 1 aromatic carbocycles. The summed E-state index contributed by atoms with van der Waals surface area (Å²) in [6.07, 6.45) is -3.25. The Balaban J connectivity index is 2.80. The maximum atomic E-state index is 12.6. The first kappa shape index (κ1) is 10.4. The van der Waals surface area contributed by atoms with Crippen LogP contribution in [-0.4, -0.2) is 4.98 Å². The average molecular weight is 276 g/mol. The van der Waals surface area contributed by atoms with Crippen LogP contribution in [0.5, 0.6) is 0 Å². The van der Waals surface area contributed by atoms with Crippen LogP contribution in [0.3, 0.4) is 0 Å². The van der Waals surface area contributed by atoms with Crippen LogP contribution in [0, 0.1) is 0 Å². The molecule has 0 saturated heterocycles. The van der Waals surface area contributed by atoms with Gasteiger partial charge in [0, 0.05) is 16.1 Å². The van der Waals surface area contributed by atoms with E-state index in [-0.39, 0.29) is 5.39 Å². The Hall–Kier alpha value is -1.10. The molecular formula is C10H5BrF3N. The molecule has 0 aliphatic heterocycles. The second kappa shape index (κ2) is 3.48. The van der Waals surface area contributed by atoms with E-state index in [1.807, 2.05) is 0 Å². The van der Waals surface area contributed by atoms with Gasteiger partial charge in [0.15, 0.2) is 5.69 Å². The Morgan fingerprint density at radius 1 is 1.13 bits per heavy atom. The highest BCUT2D eigenvalue weighted by Crippen LogP contribution is 2.33. The van der Waals surface area contributed by atoms with E-state index in [4.69, 9.17) is 0 Å². The largest absolute Gasteiger partial charge is 0.433 e. The molecule has 78 valence electrons. The minimum Gasteiger partial charge on any atom is -0.251 e. The molecule has 15 heavy (non-hydrogen) atoms. The summed E-state index contributed by atoms with van der Waals surface area (Å²) in [6.45, 7) is 0. The smallest absolute Gasteiger partial charge is 0.251 e. The third-order valence-corrected chi connectivity index (χ3v) is 2.49. The molecule has 1 heterocycles. The summed E-state index contributed by atoms with van der Waals surface area (Å²) in [5, 5.41) is 0.639. The Morgan fingerprint density at radius 3 is 2.53 bits per heavy atom. The molecule has 2 aromatic rings. The first-order valence-corrected chi connectivity index (χ1v) is 4.89. The van der Waals surface area contributed by atoms with Crippen molar-refractivity contribution < 1.29 is 13.2 Å². The number of benzene rings is 1. The minimum absolute atomic E-state index is 0.111. The van der Waals surface area contributed by atoms with Crippen molar-refractivity contribution in [1.29, 1.82) is 0 Å². The number of hydrogen-bond donors (Lipinski definition) is 0. The van der Waals surface area contributed by atoms with Crippen molar-refractivity contribution >= 4 is 26.7 Å². The van der Waals surface area contributed by atoms with E-state index >= 15 is 0 Å². The zero-order valence-electron chi connectivity index (χ0n) is 7.35. The van der Waals surface area contributed by atoms with Crippen molar-refractivity contribution in [3.8, 4) is 0 Å². The number of fused-ring (bicyclic) bond motifs is 1. The monoisotopic (exact) mass is 275 g/mol. The van der Waals surface area contributed by atoms with Crippen LogP contribution >= 0.6 is 15.9 Å². The van der Waals surface area contributed by atoms with E-state index in [1.54, 1.807) is 18.2 Å². The lowest BCUT2D eigenvalue weighted by Gasteiger charge is -2.08. The Morgan fingerprint density at radius 2 is 1.87 bits per heavy atom. The van der Waals surface area contributed by atoms with Gasteiger partial charge >= 0.3 is 6.18 Å². The van der Waals surface area contributed by atoms with Gasteiger partial charge in [0.1, 0.15) is 0 Å². The molecule has 0 unspecified atom stereocenters. The topological polar surface area (TPSA) is 12.9 Å². The van der Waals surface area contributed by atoms with Gasteiger partial charge in [-0.1, -0.05) is 22.0 Å². The van der Waals surface area contributed by atoms with Gasteiger partial charge in [-0.25, -0.2) is 0 Å². The van der Waals surface area contributed by atoms with E-state index in [1.165, 1.54) is 12.3 Å². The van der Waals surface area contributed by atoms with Crippen molar-refractivity contribution in [3.05, 3.63) is 40.6 Å². The number of alkyl halides is 3. The molecule has 0 spiro atoms. The fourth-order valence-electron chi connectivity index (χ4n) is 1.37. The number of rotatable bonds is 0. The summed E-state index contributed by atoms with van der Waals surface area (Å²) >= 11 is 3.14. The Kier molecular flexibility index (Phi) is 2.42. The van der Waals surface area contributed by atoms with Crippen molar-refractivity contribution in [2.75, 3.05) is 0 Å². The normalized spacial score (nSPS) is 12.0. The van der Waals surface area contributed by atoms with Gasteiger partial charge in [0.05, 0.1) is 0 Å². The van der Waals surface area contributed by atoms with E-state index in [0.717, 1.165) is 0 Å². The molecule has 0 aliphatic carbocycles. The summed E-state index contributed by atoms with van der Waals surface area (Å²) in [6, 6.07) is 6.29. The molecule has 0 aliphatic rings. The van der Waals surface area contributed by atoms with Crippen molar-refractivity contribution in [1.82, 2.24) is 4.98 Å². The van der Waals surface area contributed by atoms with Crippen LogP contribution in [-0.2, 0) is 6.18 Å². The zero-order valence-corrected chi connectivity index (χ0v) is 8.93. The van der Waals surface area contributed by atoms with E-state index in [9.17, 15) is 13.2 Å². The highest BCUT2D eigenvalue weighted by Gasteiger charge is 2.34. The molecule has 0 radical (unpaired) electrons. The van der Waals surface area contributed by atoms with E-state index < -0.39 is 11.9 Å². The molecule has 0 bridgehead atoms. The third kappa shape index (κ3) is 1.97. The SMILES string of the molecule is FC(F)(F)c1nccc2ccc(Br)cc12. The number of hydrogen-bond acceptors (Lipinski definition) is 1. The summed E-state index contributed by atoms with van der Waals surface area (Å²) in [5.74, 6) is 0. The van der Waals surface area contributed by atoms with Gasteiger partial charge in [0.2, 0.25) is 0 Å². The van der Waals surface area contributed by atoms with Crippen LogP contribution in [0.2, 0.25) is 0 Å². The number of halogens is 4. The van der Waals surface area contributed by atoms with Gasteiger partial charge < -0.3 is 0 Å². The van der Waals surface area contributed by atoms with Gasteiger partial charge in [-0.05, 0) is 23.6 Å². The molecule has 5 heteroatoms. The van der Waals surface area contributed by atoms with Crippen LogP contribution in [0.25, 0.3) is 10.8 Å². The number of nitrogens with zero attached hydrogens (tertiary/aromatic N) is 1. The van der Waals surface area contributed by atoms with Gasteiger partial charge in [-0.3, -0.25) is 4.98 Å². The predicted molar refractivity (Wildman–Crippen MR) is 54.4 cm³/mol. The number of pyridine rings is 1. The molecule has 0 N–H and O–H groups in total. The molecule has 2 rings (SSSR count). The van der Waals surface area contributed by atoms with Crippen LogP contribution in [0.1, 0.15) is 5.69 Å². The quantitative estimate of drug-likeness (QED) is 0.708. The van der Waals surface area contributed by atoms with Crippen molar-refractivity contribution in [2.24, 2.45) is 0 Å². The van der Waals surface area contributed by atoms with Crippen molar-refractivity contribution in [3.63, 3.8) is 0 Å². The van der Waals surface area contributed by atoms with Gasteiger partial charge in [0.25, 0.3) is 0 Å². The van der Waals surface area contributed by atoms with E-state index in [0.29, 0.717) is 9.86 Å². The summed E-state index contributed by atoms with van der Waals surface area (Å²) in [7, 11) is 0. The highest BCUT2D eigenvalue weighted by molar-refractivity contribution is 9.10. The Bertz CT molecular complexity index is 507. The molecule has 0 fully saturated rings. The molecule has 1 nitrogen and oxygen atoms in total. The fourth-order valence-corrected chi connectivity index (χ4v) is 1.73. The maximum absolute atomic E-state index is 12.6. The van der Waals surface area contributed by atoms with Crippen LogP contribution < -0.4 is 0 Å². The highest BCUT2D eigenvalue weighted by atomic mass is 79.9. The minimum atomic E-state index is -4.42. The molecule has 0 saturated carbocycles. The number of aromatic nitrogens is 1. The second-order valence-corrected chi connectivity index (χ2v) is 3.94. The molecule has 0 atom stereocenters. The summed E-state index contributed by atoms with van der Waals surface area (Å²) < 4.78 is 38.3. The van der Waals surface area contributed by atoms with Crippen LogP contribution in [0.4, 0.5) is 13.2 Å². The standard InChI is InChI=1S/C10H5BrF3N/c11-7-2-1-6-3-4-15-9(8(6)5-7)10(12,13)14/h1-5H. The lowest BCUT2D eigenvalue weighted by atomic mass is 10.1. The zero-order chi connectivity index (χ0) is 11.1. The van der Waals surface area contributed by atoms with Gasteiger partial charge in [-0.15, -0.1) is 0 Å². The third-order valence-electron chi connectivity index (χ3n) is 2.00. The first-order valence-electron chi connectivity index (χ1n) is 4.10. The summed E-state index contributed by atoms with van der Waals surface area (Å²) in [5.41, 5.74) is -0.846. The molecule has 0 amide bonds. The molecule has 1 aromatic heterocycles.